The van der Waals surface area contributed by atoms with E-state index in [2.05, 4.69) is 15.3 Å². The lowest BCUT2D eigenvalue weighted by Crippen LogP contribution is -2.34. The number of thiophene rings is 1. The first-order valence-corrected chi connectivity index (χ1v) is 11.5. The van der Waals surface area contributed by atoms with E-state index in [9.17, 15) is 9.59 Å². The van der Waals surface area contributed by atoms with Crippen molar-refractivity contribution in [3.63, 3.8) is 0 Å². The van der Waals surface area contributed by atoms with Crippen molar-refractivity contribution >= 4 is 44.7 Å². The minimum absolute atomic E-state index is 0.150. The fourth-order valence-corrected chi connectivity index (χ4v) is 4.64. The second-order valence-corrected chi connectivity index (χ2v) is 8.99. The highest BCUT2D eigenvalue weighted by Crippen LogP contribution is 2.30. The van der Waals surface area contributed by atoms with Crippen LogP contribution in [-0.4, -0.2) is 33.9 Å². The van der Waals surface area contributed by atoms with E-state index >= 15 is 0 Å². The van der Waals surface area contributed by atoms with Gasteiger partial charge in [0.05, 0.1) is 18.5 Å². The maximum atomic E-state index is 12.6. The van der Waals surface area contributed by atoms with Gasteiger partial charge in [-0.2, -0.15) is 0 Å². The van der Waals surface area contributed by atoms with Crippen LogP contribution < -0.4 is 10.9 Å². The van der Waals surface area contributed by atoms with Gasteiger partial charge in [-0.15, -0.1) is 11.3 Å². The Morgan fingerprint density at radius 1 is 1.19 bits per heavy atom. The summed E-state index contributed by atoms with van der Waals surface area (Å²) in [6, 6.07) is 17.2. The van der Waals surface area contributed by atoms with Crippen molar-refractivity contribution in [2.45, 2.75) is 20.4 Å². The Morgan fingerprint density at radius 2 is 1.97 bits per heavy atom. The largest absolute Gasteiger partial charge is 0.325 e. The third-order valence-electron chi connectivity index (χ3n) is 5.17. The van der Waals surface area contributed by atoms with Crippen LogP contribution in [0.5, 0.6) is 0 Å². The highest BCUT2D eigenvalue weighted by Gasteiger charge is 2.15. The van der Waals surface area contributed by atoms with Gasteiger partial charge in [0.2, 0.25) is 5.91 Å². The molecule has 2 heterocycles. The standard InChI is InChI=1S/C24H23ClN4O2S/c1-3-29(14-22(30)26-19-11-17(25)10-9-15(19)2)13-21-27-23(31)18-12-20(32-24(18)28-21)16-7-5-4-6-8-16/h4-12H,3,13-14H2,1-2H3,(H,26,30)(H,27,28,31). The molecule has 2 aromatic carbocycles. The molecule has 0 atom stereocenters. The number of anilines is 1. The van der Waals surface area contributed by atoms with E-state index in [0.29, 0.717) is 39.8 Å². The normalized spacial score (nSPS) is 11.2. The van der Waals surface area contributed by atoms with Crippen LogP contribution in [-0.2, 0) is 11.3 Å². The third kappa shape index (κ3) is 5.07. The van der Waals surface area contributed by atoms with Crippen LogP contribution >= 0.6 is 22.9 Å². The van der Waals surface area contributed by atoms with Gasteiger partial charge in [-0.1, -0.05) is 54.9 Å². The van der Waals surface area contributed by atoms with E-state index in [1.54, 1.807) is 12.1 Å². The number of amides is 1. The number of benzene rings is 2. The minimum Gasteiger partial charge on any atom is -0.325 e. The predicted molar refractivity (Wildman–Crippen MR) is 131 cm³/mol. The summed E-state index contributed by atoms with van der Waals surface area (Å²) in [5.74, 6) is 0.390. The van der Waals surface area contributed by atoms with Crippen molar-refractivity contribution in [2.24, 2.45) is 0 Å². The SMILES string of the molecule is CCN(CC(=O)Nc1cc(Cl)ccc1C)Cc1nc2sc(-c3ccccc3)cc2c(=O)[nH]1. The molecule has 6 nitrogen and oxygen atoms in total. The lowest BCUT2D eigenvalue weighted by Gasteiger charge is -2.19. The number of aromatic amines is 1. The van der Waals surface area contributed by atoms with Gasteiger partial charge in [-0.3, -0.25) is 14.5 Å². The summed E-state index contributed by atoms with van der Waals surface area (Å²) in [6.07, 6.45) is 0. The van der Waals surface area contributed by atoms with Crippen LogP contribution in [0.15, 0.2) is 59.4 Å². The van der Waals surface area contributed by atoms with E-state index in [-0.39, 0.29) is 18.0 Å². The van der Waals surface area contributed by atoms with Gasteiger partial charge in [0.1, 0.15) is 10.7 Å². The first kappa shape index (κ1) is 22.2. The summed E-state index contributed by atoms with van der Waals surface area (Å²) >= 11 is 7.53. The zero-order valence-corrected chi connectivity index (χ0v) is 19.4. The van der Waals surface area contributed by atoms with Gasteiger partial charge >= 0.3 is 0 Å². The molecule has 0 saturated carbocycles. The molecule has 0 unspecified atom stereocenters. The molecule has 0 bridgehead atoms. The molecule has 2 N–H and O–H groups in total. The van der Waals surface area contributed by atoms with Crippen LogP contribution in [0.3, 0.4) is 0 Å². The molecule has 164 valence electrons. The number of aryl methyl sites for hydroxylation is 1. The number of likely N-dealkylation sites (N-methyl/N-ethyl adjacent to an activating group) is 1. The number of carbonyl (C=O) groups excluding carboxylic acids is 1. The predicted octanol–water partition coefficient (Wildman–Crippen LogP) is 5.07. The first-order chi connectivity index (χ1) is 15.4. The Kier molecular flexibility index (Phi) is 6.69. The Morgan fingerprint density at radius 3 is 2.72 bits per heavy atom. The maximum absolute atomic E-state index is 12.6. The monoisotopic (exact) mass is 466 g/mol. The van der Waals surface area contributed by atoms with Gasteiger partial charge in [0, 0.05) is 15.6 Å². The molecule has 32 heavy (non-hydrogen) atoms. The molecule has 4 aromatic rings. The molecule has 0 radical (unpaired) electrons. The van der Waals surface area contributed by atoms with Crippen LogP contribution in [0, 0.1) is 6.92 Å². The van der Waals surface area contributed by atoms with Crippen LogP contribution in [0.4, 0.5) is 5.69 Å². The molecule has 0 aliphatic carbocycles. The zero-order chi connectivity index (χ0) is 22.7. The van der Waals surface area contributed by atoms with Gasteiger partial charge in [0.25, 0.3) is 5.56 Å². The molecule has 0 fully saturated rings. The number of hydrogen-bond acceptors (Lipinski definition) is 5. The summed E-state index contributed by atoms with van der Waals surface area (Å²) in [7, 11) is 0. The van der Waals surface area contributed by atoms with Crippen molar-refractivity contribution in [3.05, 3.63) is 81.4 Å². The van der Waals surface area contributed by atoms with Gasteiger partial charge in [0.15, 0.2) is 0 Å². The summed E-state index contributed by atoms with van der Waals surface area (Å²) in [5.41, 5.74) is 2.52. The molecular formula is C24H23ClN4O2S. The molecule has 2 aromatic heterocycles. The minimum atomic E-state index is -0.168. The van der Waals surface area contributed by atoms with Crippen molar-refractivity contribution in [3.8, 4) is 10.4 Å². The molecule has 1 amide bonds. The van der Waals surface area contributed by atoms with E-state index in [1.807, 2.05) is 61.2 Å². The Hall–Kier alpha value is -3.00. The number of aromatic nitrogens is 2. The number of fused-ring (bicyclic) bond motifs is 1. The van der Waals surface area contributed by atoms with Gasteiger partial charge < -0.3 is 10.3 Å². The Balaban J connectivity index is 1.50. The molecule has 0 saturated heterocycles. The average Bonchev–Trinajstić information content (AvgIpc) is 3.21. The van der Waals surface area contributed by atoms with Crippen LogP contribution in [0.25, 0.3) is 20.7 Å². The van der Waals surface area contributed by atoms with Crippen molar-refractivity contribution in [1.82, 2.24) is 14.9 Å². The van der Waals surface area contributed by atoms with E-state index < -0.39 is 0 Å². The van der Waals surface area contributed by atoms with Crippen molar-refractivity contribution < 1.29 is 4.79 Å². The number of halogens is 1. The Bertz CT molecular complexity index is 1320. The zero-order valence-electron chi connectivity index (χ0n) is 17.8. The highest BCUT2D eigenvalue weighted by molar-refractivity contribution is 7.21. The topological polar surface area (TPSA) is 78.1 Å². The number of carbonyl (C=O) groups is 1. The third-order valence-corrected chi connectivity index (χ3v) is 6.48. The molecule has 8 heteroatoms. The fourth-order valence-electron chi connectivity index (χ4n) is 3.41. The fraction of sp³-hybridized carbons (Fsp3) is 0.208. The lowest BCUT2D eigenvalue weighted by atomic mass is 10.2. The quantitative estimate of drug-likeness (QED) is 0.398. The number of nitrogens with zero attached hydrogens (tertiary/aromatic N) is 2. The highest BCUT2D eigenvalue weighted by atomic mass is 35.5. The summed E-state index contributed by atoms with van der Waals surface area (Å²) in [5, 5.41) is 4.06. The number of hydrogen-bond donors (Lipinski definition) is 2. The summed E-state index contributed by atoms with van der Waals surface area (Å²) < 4.78 is 0. The molecule has 0 spiro atoms. The molecule has 4 rings (SSSR count). The number of rotatable bonds is 7. The van der Waals surface area contributed by atoms with Gasteiger partial charge in [-0.25, -0.2) is 4.98 Å². The van der Waals surface area contributed by atoms with Crippen molar-refractivity contribution in [2.75, 3.05) is 18.4 Å². The van der Waals surface area contributed by atoms with E-state index in [1.165, 1.54) is 11.3 Å². The summed E-state index contributed by atoms with van der Waals surface area (Å²) in [6.45, 7) is 5.04. The number of nitrogens with one attached hydrogen (secondary N) is 2. The smallest absolute Gasteiger partial charge is 0.259 e. The van der Waals surface area contributed by atoms with Crippen molar-refractivity contribution in [1.29, 1.82) is 0 Å². The second kappa shape index (κ2) is 9.65. The maximum Gasteiger partial charge on any atom is 0.259 e. The van der Waals surface area contributed by atoms with E-state index in [4.69, 9.17) is 11.6 Å². The lowest BCUT2D eigenvalue weighted by molar-refractivity contribution is -0.117. The van der Waals surface area contributed by atoms with Crippen LogP contribution in [0.1, 0.15) is 18.3 Å². The van der Waals surface area contributed by atoms with Crippen LogP contribution in [0.2, 0.25) is 5.02 Å². The second-order valence-electron chi connectivity index (χ2n) is 7.52. The Labute approximate surface area is 194 Å². The van der Waals surface area contributed by atoms with E-state index in [0.717, 1.165) is 16.0 Å². The first-order valence-electron chi connectivity index (χ1n) is 10.3. The average molecular weight is 467 g/mol. The van der Waals surface area contributed by atoms with Gasteiger partial charge in [-0.05, 0) is 42.8 Å². The molecular weight excluding hydrogens is 444 g/mol. The molecule has 0 aliphatic heterocycles. The molecule has 0 aliphatic rings. The number of H-pyrrole nitrogens is 1. The summed E-state index contributed by atoms with van der Waals surface area (Å²) in [4.78, 5) is 36.4.